The number of nitrogens with zero attached hydrogens (tertiary/aromatic N) is 2. The van der Waals surface area contributed by atoms with E-state index in [1.54, 1.807) is 41.8 Å². The number of nitrogens with one attached hydrogen (secondary N) is 1. The van der Waals surface area contributed by atoms with E-state index in [1.165, 1.54) is 7.11 Å². The van der Waals surface area contributed by atoms with Crippen LogP contribution in [0.3, 0.4) is 0 Å². The van der Waals surface area contributed by atoms with Gasteiger partial charge in [0.25, 0.3) is 5.91 Å². The van der Waals surface area contributed by atoms with Crippen molar-refractivity contribution in [1.29, 1.82) is 0 Å². The first-order valence-corrected chi connectivity index (χ1v) is 8.61. The summed E-state index contributed by atoms with van der Waals surface area (Å²) in [6, 6.07) is 10.2. The Bertz CT molecular complexity index is 793. The number of hydrogen-bond acceptors (Lipinski definition) is 5. The monoisotopic (exact) mass is 355 g/mol. The highest BCUT2D eigenvalue weighted by Gasteiger charge is 2.16. The zero-order valence-electron chi connectivity index (χ0n) is 13.6. The van der Waals surface area contributed by atoms with Crippen LogP contribution in [0.15, 0.2) is 59.6 Å². The maximum atomic E-state index is 12.4. The molecule has 2 aromatic heterocycles. The summed E-state index contributed by atoms with van der Waals surface area (Å²) >= 11 is 1.60. The molecule has 0 bridgehead atoms. The number of aromatic nitrogens is 2. The molecule has 0 aliphatic heterocycles. The fourth-order valence-corrected chi connectivity index (χ4v) is 3.17. The molecule has 6 nitrogen and oxygen atoms in total. The molecule has 1 aromatic carbocycles. The quantitative estimate of drug-likeness (QED) is 0.690. The average Bonchev–Trinajstić information content (AvgIpc) is 3.35. The third-order valence-corrected chi connectivity index (χ3v) is 4.50. The van der Waals surface area contributed by atoms with E-state index in [0.717, 1.165) is 5.56 Å². The van der Waals surface area contributed by atoms with Crippen molar-refractivity contribution in [3.05, 3.63) is 76.2 Å². The lowest BCUT2D eigenvalue weighted by atomic mass is 10.1. The Balaban J connectivity index is 1.69. The topological polar surface area (TPSA) is 73.2 Å². The molecule has 1 amide bonds. The van der Waals surface area contributed by atoms with Gasteiger partial charge in [-0.3, -0.25) is 9.48 Å². The fraction of sp³-hybridized carbons (Fsp3) is 0.167. The molecule has 0 saturated carbocycles. The van der Waals surface area contributed by atoms with Gasteiger partial charge in [0, 0.05) is 24.5 Å². The van der Waals surface area contributed by atoms with Crippen LogP contribution in [-0.4, -0.2) is 35.3 Å². The Hall–Kier alpha value is -2.93. The summed E-state index contributed by atoms with van der Waals surface area (Å²) < 4.78 is 6.47. The van der Waals surface area contributed by atoms with E-state index in [0.29, 0.717) is 17.7 Å². The van der Waals surface area contributed by atoms with Gasteiger partial charge >= 0.3 is 5.97 Å². The van der Waals surface area contributed by atoms with E-state index in [4.69, 9.17) is 0 Å². The van der Waals surface area contributed by atoms with Gasteiger partial charge in [-0.25, -0.2) is 4.79 Å². The predicted molar refractivity (Wildman–Crippen MR) is 94.8 cm³/mol. The van der Waals surface area contributed by atoms with Crippen LogP contribution in [0, 0.1) is 0 Å². The number of carbonyl (C=O) groups is 2. The number of amides is 1. The molecule has 0 aliphatic rings. The van der Waals surface area contributed by atoms with E-state index < -0.39 is 5.97 Å². The van der Waals surface area contributed by atoms with Gasteiger partial charge < -0.3 is 10.1 Å². The molecule has 1 atom stereocenters. The first-order valence-electron chi connectivity index (χ1n) is 7.67. The normalized spacial score (nSPS) is 11.7. The van der Waals surface area contributed by atoms with Crippen LogP contribution in [0.1, 0.15) is 32.3 Å². The lowest BCUT2D eigenvalue weighted by molar-refractivity contribution is 0.0600. The summed E-state index contributed by atoms with van der Waals surface area (Å²) in [4.78, 5) is 23.8. The number of benzene rings is 1. The third kappa shape index (κ3) is 3.95. The largest absolute Gasteiger partial charge is 0.465 e. The predicted octanol–water partition coefficient (Wildman–Crippen LogP) is 2.75. The molecule has 0 radical (unpaired) electrons. The molecule has 7 heteroatoms. The minimum Gasteiger partial charge on any atom is -0.465 e. The number of thiophene rings is 1. The van der Waals surface area contributed by atoms with Gasteiger partial charge in [-0.2, -0.15) is 16.4 Å². The Labute approximate surface area is 149 Å². The third-order valence-electron chi connectivity index (χ3n) is 3.80. The van der Waals surface area contributed by atoms with Crippen molar-refractivity contribution < 1.29 is 14.3 Å². The molecule has 1 unspecified atom stereocenters. The maximum Gasteiger partial charge on any atom is 0.337 e. The van der Waals surface area contributed by atoms with Crippen molar-refractivity contribution in [3.63, 3.8) is 0 Å². The molecule has 25 heavy (non-hydrogen) atoms. The molecule has 0 fully saturated rings. The van der Waals surface area contributed by atoms with E-state index in [9.17, 15) is 9.59 Å². The fourth-order valence-electron chi connectivity index (χ4n) is 2.46. The summed E-state index contributed by atoms with van der Waals surface area (Å²) in [6.07, 6.45) is 3.59. The highest BCUT2D eigenvalue weighted by molar-refractivity contribution is 7.07. The molecule has 3 aromatic rings. The van der Waals surface area contributed by atoms with Crippen LogP contribution in [0.5, 0.6) is 0 Å². The van der Waals surface area contributed by atoms with Crippen molar-refractivity contribution in [3.8, 4) is 0 Å². The summed E-state index contributed by atoms with van der Waals surface area (Å²) in [5.41, 5.74) is 1.99. The summed E-state index contributed by atoms with van der Waals surface area (Å²) in [7, 11) is 1.32. The summed E-state index contributed by atoms with van der Waals surface area (Å²) in [5, 5.41) is 11.3. The van der Waals surface area contributed by atoms with Gasteiger partial charge in [-0.05, 0) is 52.7 Å². The number of esters is 1. The van der Waals surface area contributed by atoms with Crippen LogP contribution >= 0.6 is 11.3 Å². The minimum absolute atomic E-state index is 0.0699. The molecule has 1 N–H and O–H groups in total. The van der Waals surface area contributed by atoms with E-state index in [-0.39, 0.29) is 11.9 Å². The lowest BCUT2D eigenvalue weighted by Crippen LogP contribution is -2.31. The van der Waals surface area contributed by atoms with Crippen LogP contribution in [0.25, 0.3) is 0 Å². The molecule has 0 spiro atoms. The molecule has 3 rings (SSSR count). The highest BCUT2D eigenvalue weighted by atomic mass is 32.1. The van der Waals surface area contributed by atoms with Crippen molar-refractivity contribution in [1.82, 2.24) is 15.1 Å². The van der Waals surface area contributed by atoms with Gasteiger partial charge in [0.2, 0.25) is 0 Å². The highest BCUT2D eigenvalue weighted by Crippen LogP contribution is 2.19. The molecule has 128 valence electrons. The first kappa shape index (κ1) is 16.9. The van der Waals surface area contributed by atoms with Crippen LogP contribution in [0.4, 0.5) is 0 Å². The van der Waals surface area contributed by atoms with E-state index in [1.807, 2.05) is 33.8 Å². The van der Waals surface area contributed by atoms with Gasteiger partial charge in [-0.1, -0.05) is 0 Å². The van der Waals surface area contributed by atoms with Gasteiger partial charge in [-0.15, -0.1) is 0 Å². The van der Waals surface area contributed by atoms with E-state index >= 15 is 0 Å². The summed E-state index contributed by atoms with van der Waals surface area (Å²) in [5.74, 6) is -0.632. The Kier molecular flexibility index (Phi) is 5.25. The van der Waals surface area contributed by atoms with Crippen molar-refractivity contribution >= 4 is 23.2 Å². The smallest absolute Gasteiger partial charge is 0.337 e. The minimum atomic E-state index is -0.428. The standard InChI is InChI=1S/C18H17N3O3S/c1-24-18(23)14-5-3-13(4-6-14)17(22)19-11-16(15-7-10-25-12-15)21-9-2-8-20-21/h2-10,12,16H,11H2,1H3,(H,19,22). The Morgan fingerprint density at radius 2 is 2.00 bits per heavy atom. The van der Waals surface area contributed by atoms with Crippen molar-refractivity contribution in [2.45, 2.75) is 6.04 Å². The Morgan fingerprint density at radius 1 is 1.24 bits per heavy atom. The SMILES string of the molecule is COC(=O)c1ccc(C(=O)NCC(c2ccsc2)n2cccn2)cc1. The van der Waals surface area contributed by atoms with E-state index in [2.05, 4.69) is 15.2 Å². The summed E-state index contributed by atoms with van der Waals surface area (Å²) in [6.45, 7) is 0.413. The van der Waals surface area contributed by atoms with Gasteiger partial charge in [0.1, 0.15) is 0 Å². The van der Waals surface area contributed by atoms with Gasteiger partial charge in [0.05, 0.1) is 18.7 Å². The number of methoxy groups -OCH3 is 1. The van der Waals surface area contributed by atoms with Crippen molar-refractivity contribution in [2.24, 2.45) is 0 Å². The molecular weight excluding hydrogens is 338 g/mol. The maximum absolute atomic E-state index is 12.4. The number of rotatable bonds is 6. The molecular formula is C18H17N3O3S. The van der Waals surface area contributed by atoms with Crippen LogP contribution in [-0.2, 0) is 4.74 Å². The van der Waals surface area contributed by atoms with Crippen LogP contribution in [0.2, 0.25) is 0 Å². The van der Waals surface area contributed by atoms with Crippen LogP contribution < -0.4 is 5.32 Å². The first-order chi connectivity index (χ1) is 12.2. The second-order valence-corrected chi connectivity index (χ2v) is 6.12. The second-order valence-electron chi connectivity index (χ2n) is 5.34. The average molecular weight is 355 g/mol. The molecule has 0 saturated heterocycles. The number of hydrogen-bond donors (Lipinski definition) is 1. The molecule has 2 heterocycles. The molecule has 0 aliphatic carbocycles. The number of carbonyl (C=O) groups excluding carboxylic acids is 2. The lowest BCUT2D eigenvalue weighted by Gasteiger charge is -2.17. The second kappa shape index (κ2) is 7.76. The van der Waals surface area contributed by atoms with Crippen molar-refractivity contribution in [2.75, 3.05) is 13.7 Å². The zero-order valence-corrected chi connectivity index (χ0v) is 14.4. The Morgan fingerprint density at radius 3 is 2.60 bits per heavy atom. The zero-order chi connectivity index (χ0) is 17.6. The number of ether oxygens (including phenoxy) is 1. The van der Waals surface area contributed by atoms with Gasteiger partial charge in [0.15, 0.2) is 0 Å².